The van der Waals surface area contributed by atoms with E-state index in [1.165, 1.54) is 32.2 Å². The molecule has 0 aromatic heterocycles. The van der Waals surface area contributed by atoms with E-state index in [1.807, 2.05) is 6.92 Å². The molecule has 96 valence electrons. The number of nitrogens with one attached hydrogen (secondary N) is 1. The van der Waals surface area contributed by atoms with E-state index in [2.05, 4.69) is 30.1 Å². The molecule has 1 unspecified atom stereocenters. The molecule has 3 nitrogen and oxygen atoms in total. The van der Waals surface area contributed by atoms with Gasteiger partial charge in [-0.15, -0.1) is 0 Å². The SMILES string of the molecule is CC(C)NC(C)(C#N)CN(CC1CC1)C1CC1. The van der Waals surface area contributed by atoms with Crippen LogP contribution in [0.3, 0.4) is 0 Å². The lowest BCUT2D eigenvalue weighted by Gasteiger charge is -2.33. The summed E-state index contributed by atoms with van der Waals surface area (Å²) >= 11 is 0. The van der Waals surface area contributed by atoms with E-state index in [1.54, 1.807) is 0 Å². The molecule has 0 saturated heterocycles. The number of rotatable bonds is 7. The van der Waals surface area contributed by atoms with Crippen molar-refractivity contribution in [2.45, 2.75) is 64.1 Å². The summed E-state index contributed by atoms with van der Waals surface area (Å²) in [6, 6.07) is 3.59. The molecule has 2 saturated carbocycles. The topological polar surface area (TPSA) is 39.1 Å². The van der Waals surface area contributed by atoms with Crippen LogP contribution in [0.4, 0.5) is 0 Å². The fourth-order valence-corrected chi connectivity index (χ4v) is 2.57. The molecule has 0 spiro atoms. The summed E-state index contributed by atoms with van der Waals surface area (Å²) in [6.45, 7) is 8.34. The van der Waals surface area contributed by atoms with Gasteiger partial charge < -0.3 is 0 Å². The molecule has 0 amide bonds. The summed E-state index contributed by atoms with van der Waals surface area (Å²) in [5.74, 6) is 0.914. The van der Waals surface area contributed by atoms with E-state index in [0.29, 0.717) is 6.04 Å². The van der Waals surface area contributed by atoms with Crippen LogP contribution in [-0.2, 0) is 0 Å². The van der Waals surface area contributed by atoms with Crippen molar-refractivity contribution in [2.24, 2.45) is 5.92 Å². The molecule has 0 radical (unpaired) electrons. The van der Waals surface area contributed by atoms with Gasteiger partial charge in [0.1, 0.15) is 5.54 Å². The maximum Gasteiger partial charge on any atom is 0.116 e. The second kappa shape index (κ2) is 4.96. The standard InChI is InChI=1S/C14H25N3/c1-11(2)16-14(3,9-15)10-17(13-6-7-13)8-12-4-5-12/h11-13,16H,4-8,10H2,1-3H3. The van der Waals surface area contributed by atoms with Crippen molar-refractivity contribution in [3.05, 3.63) is 0 Å². The van der Waals surface area contributed by atoms with Gasteiger partial charge >= 0.3 is 0 Å². The Bertz CT molecular complexity index is 299. The van der Waals surface area contributed by atoms with Crippen molar-refractivity contribution in [3.8, 4) is 6.07 Å². The maximum atomic E-state index is 9.40. The van der Waals surface area contributed by atoms with Crippen molar-refractivity contribution in [2.75, 3.05) is 13.1 Å². The summed E-state index contributed by atoms with van der Waals surface area (Å²) in [5.41, 5.74) is -0.397. The Morgan fingerprint density at radius 1 is 1.35 bits per heavy atom. The first-order valence-corrected chi connectivity index (χ1v) is 6.95. The minimum absolute atomic E-state index is 0.363. The summed E-state index contributed by atoms with van der Waals surface area (Å²) in [4.78, 5) is 2.55. The second-order valence-electron chi connectivity index (χ2n) is 6.35. The van der Waals surface area contributed by atoms with Gasteiger partial charge in [0.2, 0.25) is 0 Å². The molecule has 0 aromatic rings. The van der Waals surface area contributed by atoms with Crippen molar-refractivity contribution in [1.82, 2.24) is 10.2 Å². The molecular weight excluding hydrogens is 210 g/mol. The van der Waals surface area contributed by atoms with E-state index in [0.717, 1.165) is 18.5 Å². The average molecular weight is 235 g/mol. The molecule has 0 aromatic carbocycles. The lowest BCUT2D eigenvalue weighted by Crippen LogP contribution is -2.53. The highest BCUT2D eigenvalue weighted by atomic mass is 15.2. The first kappa shape index (κ1) is 12.9. The smallest absolute Gasteiger partial charge is 0.116 e. The fraction of sp³-hybridized carbons (Fsp3) is 0.929. The lowest BCUT2D eigenvalue weighted by molar-refractivity contribution is 0.197. The van der Waals surface area contributed by atoms with Crippen LogP contribution in [0.15, 0.2) is 0 Å². The first-order chi connectivity index (χ1) is 8.02. The zero-order chi connectivity index (χ0) is 12.5. The van der Waals surface area contributed by atoms with E-state index >= 15 is 0 Å². The number of hydrogen-bond acceptors (Lipinski definition) is 3. The Kier molecular flexibility index (Phi) is 3.75. The third kappa shape index (κ3) is 3.97. The van der Waals surface area contributed by atoms with Crippen LogP contribution in [0.25, 0.3) is 0 Å². The molecule has 0 aliphatic heterocycles. The Balaban J connectivity index is 1.91. The quantitative estimate of drug-likeness (QED) is 0.735. The molecule has 0 bridgehead atoms. The summed E-state index contributed by atoms with van der Waals surface area (Å²) in [7, 11) is 0. The summed E-state index contributed by atoms with van der Waals surface area (Å²) < 4.78 is 0. The van der Waals surface area contributed by atoms with Gasteiger partial charge in [-0.3, -0.25) is 10.2 Å². The highest BCUT2D eigenvalue weighted by Gasteiger charge is 2.38. The normalized spacial score (nSPS) is 23.8. The molecule has 1 N–H and O–H groups in total. The van der Waals surface area contributed by atoms with Gasteiger partial charge in [0.05, 0.1) is 6.07 Å². The van der Waals surface area contributed by atoms with Crippen molar-refractivity contribution < 1.29 is 0 Å². The Morgan fingerprint density at radius 3 is 2.41 bits per heavy atom. The lowest BCUT2D eigenvalue weighted by atomic mass is 10.0. The van der Waals surface area contributed by atoms with E-state index in [-0.39, 0.29) is 0 Å². The number of hydrogen-bond donors (Lipinski definition) is 1. The van der Waals surface area contributed by atoms with Crippen LogP contribution < -0.4 is 5.32 Å². The van der Waals surface area contributed by atoms with Crippen molar-refractivity contribution in [3.63, 3.8) is 0 Å². The zero-order valence-electron chi connectivity index (χ0n) is 11.4. The molecule has 0 heterocycles. The third-order valence-electron chi connectivity index (χ3n) is 3.63. The van der Waals surface area contributed by atoms with Crippen LogP contribution in [0.2, 0.25) is 0 Å². The number of nitriles is 1. The molecule has 3 heteroatoms. The van der Waals surface area contributed by atoms with Crippen molar-refractivity contribution in [1.29, 1.82) is 5.26 Å². The molecule has 17 heavy (non-hydrogen) atoms. The van der Waals surface area contributed by atoms with Gasteiger partial charge in [-0.1, -0.05) is 0 Å². The zero-order valence-corrected chi connectivity index (χ0v) is 11.4. The minimum Gasteiger partial charge on any atom is -0.297 e. The minimum atomic E-state index is -0.397. The predicted molar refractivity (Wildman–Crippen MR) is 69.6 cm³/mol. The van der Waals surface area contributed by atoms with Gasteiger partial charge in [-0.25, -0.2) is 0 Å². The monoisotopic (exact) mass is 235 g/mol. The van der Waals surface area contributed by atoms with Crippen LogP contribution in [0.1, 0.15) is 46.5 Å². The van der Waals surface area contributed by atoms with Gasteiger partial charge in [0.25, 0.3) is 0 Å². The van der Waals surface area contributed by atoms with Crippen LogP contribution in [0.5, 0.6) is 0 Å². The number of nitrogens with zero attached hydrogens (tertiary/aromatic N) is 2. The Morgan fingerprint density at radius 2 is 2.00 bits per heavy atom. The highest BCUT2D eigenvalue weighted by Crippen LogP contribution is 2.35. The molecular formula is C14H25N3. The molecule has 1 atom stereocenters. The van der Waals surface area contributed by atoms with Gasteiger partial charge in [-0.05, 0) is 52.4 Å². The highest BCUT2D eigenvalue weighted by molar-refractivity contribution is 5.08. The fourth-order valence-electron chi connectivity index (χ4n) is 2.57. The van der Waals surface area contributed by atoms with Gasteiger partial charge in [0, 0.05) is 25.2 Å². The molecule has 2 aliphatic rings. The Labute approximate surface area is 105 Å². The van der Waals surface area contributed by atoms with Crippen LogP contribution in [-0.4, -0.2) is 35.6 Å². The van der Waals surface area contributed by atoms with E-state index < -0.39 is 5.54 Å². The predicted octanol–water partition coefficient (Wildman–Crippen LogP) is 2.14. The van der Waals surface area contributed by atoms with Gasteiger partial charge in [-0.2, -0.15) is 5.26 Å². The van der Waals surface area contributed by atoms with Crippen molar-refractivity contribution >= 4 is 0 Å². The van der Waals surface area contributed by atoms with E-state index in [4.69, 9.17) is 0 Å². The third-order valence-corrected chi connectivity index (χ3v) is 3.63. The molecule has 2 aliphatic carbocycles. The van der Waals surface area contributed by atoms with Gasteiger partial charge in [0.15, 0.2) is 0 Å². The second-order valence-corrected chi connectivity index (χ2v) is 6.35. The first-order valence-electron chi connectivity index (χ1n) is 6.95. The van der Waals surface area contributed by atoms with E-state index in [9.17, 15) is 5.26 Å². The average Bonchev–Trinajstić information content (AvgIpc) is 3.09. The van der Waals surface area contributed by atoms with Crippen LogP contribution in [0, 0.1) is 17.2 Å². The van der Waals surface area contributed by atoms with Crippen LogP contribution >= 0.6 is 0 Å². The largest absolute Gasteiger partial charge is 0.297 e. The molecule has 2 rings (SSSR count). The Hall–Kier alpha value is -0.590. The molecule has 2 fully saturated rings. The summed E-state index contributed by atoms with van der Waals surface area (Å²) in [6.07, 6.45) is 5.44. The summed E-state index contributed by atoms with van der Waals surface area (Å²) in [5, 5.41) is 12.8. The maximum absolute atomic E-state index is 9.40.